The molecule has 0 saturated heterocycles. The Bertz CT molecular complexity index is 1030. The van der Waals surface area contributed by atoms with E-state index in [2.05, 4.69) is 10.5 Å². The molecule has 0 aliphatic heterocycles. The number of rotatable bonds is 6. The summed E-state index contributed by atoms with van der Waals surface area (Å²) in [5.74, 6) is 0.190. The van der Waals surface area contributed by atoms with Crippen LogP contribution >= 0.6 is 0 Å². The van der Waals surface area contributed by atoms with Gasteiger partial charge in [0, 0.05) is 25.5 Å². The summed E-state index contributed by atoms with van der Waals surface area (Å²) < 4.78 is 15.8. The van der Waals surface area contributed by atoms with Crippen molar-refractivity contribution in [3.8, 4) is 11.5 Å². The van der Waals surface area contributed by atoms with Crippen molar-refractivity contribution in [1.82, 2.24) is 10.1 Å². The molecule has 0 aliphatic carbocycles. The first-order valence-electron chi connectivity index (χ1n) is 8.55. The fourth-order valence-electron chi connectivity index (χ4n) is 2.81. The third-order valence-electron chi connectivity index (χ3n) is 4.21. The van der Waals surface area contributed by atoms with Crippen molar-refractivity contribution in [2.24, 2.45) is 0 Å². The Kier molecular flexibility index (Phi) is 5.49. The minimum absolute atomic E-state index is 0.000945. The van der Waals surface area contributed by atoms with Gasteiger partial charge >= 0.3 is 0 Å². The number of carbonyl (C=O) groups is 2. The molecule has 0 aliphatic rings. The number of hydrogen-bond donors (Lipinski definition) is 1. The average Bonchev–Trinajstić information content (AvgIpc) is 3.09. The number of ether oxygens (including phenoxy) is 2. The lowest BCUT2D eigenvalue weighted by atomic mass is 10.1. The van der Waals surface area contributed by atoms with Gasteiger partial charge in [0.15, 0.2) is 17.1 Å². The van der Waals surface area contributed by atoms with Gasteiger partial charge in [-0.15, -0.1) is 0 Å². The number of methoxy groups -OCH3 is 2. The zero-order valence-electron chi connectivity index (χ0n) is 16.1. The van der Waals surface area contributed by atoms with Gasteiger partial charge < -0.3 is 24.2 Å². The molecule has 0 bridgehead atoms. The lowest BCUT2D eigenvalue weighted by molar-refractivity contribution is -0.115. The number of aromatic nitrogens is 1. The van der Waals surface area contributed by atoms with Crippen LogP contribution in [0.15, 0.2) is 40.9 Å². The Labute approximate surface area is 162 Å². The highest BCUT2D eigenvalue weighted by Crippen LogP contribution is 2.34. The maximum absolute atomic E-state index is 12.6. The van der Waals surface area contributed by atoms with Crippen LogP contribution in [-0.4, -0.2) is 50.2 Å². The molecule has 2 amide bonds. The molecule has 2 aromatic carbocycles. The molecule has 3 aromatic rings. The van der Waals surface area contributed by atoms with Crippen LogP contribution in [0.2, 0.25) is 0 Å². The lowest BCUT2D eigenvalue weighted by Gasteiger charge is -2.17. The highest BCUT2D eigenvalue weighted by molar-refractivity contribution is 6.05. The first-order valence-corrected chi connectivity index (χ1v) is 8.55. The summed E-state index contributed by atoms with van der Waals surface area (Å²) in [6, 6.07) is 10.4. The van der Waals surface area contributed by atoms with E-state index < -0.39 is 0 Å². The number of amides is 2. The summed E-state index contributed by atoms with van der Waals surface area (Å²) in [4.78, 5) is 26.6. The van der Waals surface area contributed by atoms with Crippen LogP contribution in [-0.2, 0) is 11.2 Å². The van der Waals surface area contributed by atoms with E-state index in [1.54, 1.807) is 32.3 Å². The van der Waals surface area contributed by atoms with Gasteiger partial charge in [-0.05, 0) is 18.2 Å². The van der Waals surface area contributed by atoms with Crippen LogP contribution < -0.4 is 14.8 Å². The zero-order chi connectivity index (χ0) is 20.3. The smallest absolute Gasteiger partial charge is 0.255 e. The van der Waals surface area contributed by atoms with Crippen LogP contribution in [0.25, 0.3) is 11.0 Å². The summed E-state index contributed by atoms with van der Waals surface area (Å²) in [6.45, 7) is 0. The quantitative estimate of drug-likeness (QED) is 0.703. The maximum Gasteiger partial charge on any atom is 0.255 e. The first kappa shape index (κ1) is 19.2. The van der Waals surface area contributed by atoms with Crippen LogP contribution in [0.3, 0.4) is 0 Å². The lowest BCUT2D eigenvalue weighted by Crippen LogP contribution is -2.24. The van der Waals surface area contributed by atoms with Gasteiger partial charge in [-0.25, -0.2) is 0 Å². The third-order valence-corrected chi connectivity index (χ3v) is 4.21. The van der Waals surface area contributed by atoms with Gasteiger partial charge in [-0.3, -0.25) is 9.59 Å². The highest BCUT2D eigenvalue weighted by atomic mass is 16.5. The number of benzene rings is 2. The van der Waals surface area contributed by atoms with Crippen molar-refractivity contribution >= 4 is 28.5 Å². The molecule has 28 heavy (non-hydrogen) atoms. The minimum Gasteiger partial charge on any atom is -0.493 e. The molecule has 1 N–H and O–H groups in total. The predicted octanol–water partition coefficient (Wildman–Crippen LogP) is 2.73. The van der Waals surface area contributed by atoms with E-state index in [1.807, 2.05) is 18.2 Å². The average molecular weight is 383 g/mol. The van der Waals surface area contributed by atoms with E-state index in [9.17, 15) is 9.59 Å². The topological polar surface area (TPSA) is 93.9 Å². The van der Waals surface area contributed by atoms with Gasteiger partial charge in [0.25, 0.3) is 5.91 Å². The Morgan fingerprint density at radius 3 is 2.46 bits per heavy atom. The molecule has 8 heteroatoms. The van der Waals surface area contributed by atoms with Gasteiger partial charge in [-0.2, -0.15) is 0 Å². The Balaban J connectivity index is 1.91. The van der Waals surface area contributed by atoms with Crippen molar-refractivity contribution in [3.05, 3.63) is 47.7 Å². The zero-order valence-corrected chi connectivity index (χ0v) is 16.1. The van der Waals surface area contributed by atoms with Crippen LogP contribution in [0, 0.1) is 0 Å². The van der Waals surface area contributed by atoms with E-state index in [-0.39, 0.29) is 18.2 Å². The third kappa shape index (κ3) is 3.75. The van der Waals surface area contributed by atoms with Crippen molar-refractivity contribution in [2.45, 2.75) is 6.42 Å². The molecular weight excluding hydrogens is 362 g/mol. The Morgan fingerprint density at radius 1 is 1.11 bits per heavy atom. The normalized spacial score (nSPS) is 10.6. The molecule has 8 nitrogen and oxygen atoms in total. The minimum atomic E-state index is -0.334. The van der Waals surface area contributed by atoms with Crippen molar-refractivity contribution < 1.29 is 23.6 Å². The molecule has 146 valence electrons. The summed E-state index contributed by atoms with van der Waals surface area (Å²) in [5.41, 5.74) is 1.75. The second kappa shape index (κ2) is 7.99. The Morgan fingerprint density at radius 2 is 1.79 bits per heavy atom. The molecule has 0 spiro atoms. The van der Waals surface area contributed by atoms with Crippen LogP contribution in [0.1, 0.15) is 16.1 Å². The predicted molar refractivity (Wildman–Crippen MR) is 104 cm³/mol. The van der Waals surface area contributed by atoms with E-state index in [1.165, 1.54) is 19.1 Å². The SMILES string of the molecule is COc1cc(NC(=O)Cc2noc3ccccc23)c(C(=O)N(C)C)cc1OC. The van der Waals surface area contributed by atoms with Gasteiger partial charge in [0.1, 0.15) is 5.69 Å². The van der Waals surface area contributed by atoms with E-state index in [0.717, 1.165) is 5.39 Å². The van der Waals surface area contributed by atoms with Crippen molar-refractivity contribution in [1.29, 1.82) is 0 Å². The van der Waals surface area contributed by atoms with E-state index in [4.69, 9.17) is 14.0 Å². The van der Waals surface area contributed by atoms with Gasteiger partial charge in [-0.1, -0.05) is 17.3 Å². The summed E-state index contributed by atoms with van der Waals surface area (Å²) in [5, 5.41) is 7.51. The number of nitrogens with zero attached hydrogens (tertiary/aromatic N) is 2. The summed E-state index contributed by atoms with van der Waals surface area (Å²) >= 11 is 0. The maximum atomic E-state index is 12.6. The first-order chi connectivity index (χ1) is 13.4. The summed E-state index contributed by atoms with van der Waals surface area (Å²) in [6.07, 6.45) is 0.000945. The molecule has 0 saturated carbocycles. The van der Waals surface area contributed by atoms with Crippen LogP contribution in [0.5, 0.6) is 11.5 Å². The number of hydrogen-bond acceptors (Lipinski definition) is 6. The van der Waals surface area contributed by atoms with E-state index in [0.29, 0.717) is 34.0 Å². The molecule has 0 fully saturated rings. The fraction of sp³-hybridized carbons (Fsp3) is 0.250. The second-order valence-corrected chi connectivity index (χ2v) is 6.30. The number of nitrogens with one attached hydrogen (secondary N) is 1. The molecule has 0 radical (unpaired) electrons. The standard InChI is InChI=1S/C20H21N3O5/c1-23(2)20(25)13-9-17(26-3)18(27-4)10-14(13)21-19(24)11-15-12-7-5-6-8-16(12)28-22-15/h5-10H,11H2,1-4H3,(H,21,24). The van der Waals surface area contributed by atoms with Crippen molar-refractivity contribution in [2.75, 3.05) is 33.6 Å². The molecular formula is C20H21N3O5. The van der Waals surface area contributed by atoms with Gasteiger partial charge in [0.05, 0.1) is 31.9 Å². The number of carbonyl (C=O) groups excluding carboxylic acids is 2. The molecule has 3 rings (SSSR count). The monoisotopic (exact) mass is 383 g/mol. The number of para-hydroxylation sites is 1. The molecule has 1 aromatic heterocycles. The molecule has 1 heterocycles. The number of anilines is 1. The fourth-order valence-corrected chi connectivity index (χ4v) is 2.81. The van der Waals surface area contributed by atoms with Gasteiger partial charge in [0.2, 0.25) is 5.91 Å². The summed E-state index contributed by atoms with van der Waals surface area (Å²) in [7, 11) is 6.23. The second-order valence-electron chi connectivity index (χ2n) is 6.30. The largest absolute Gasteiger partial charge is 0.493 e. The van der Waals surface area contributed by atoms with E-state index >= 15 is 0 Å². The van der Waals surface area contributed by atoms with Crippen LogP contribution in [0.4, 0.5) is 5.69 Å². The van der Waals surface area contributed by atoms with Crippen molar-refractivity contribution in [3.63, 3.8) is 0 Å². The molecule has 0 atom stereocenters. The Hall–Kier alpha value is -3.55. The molecule has 0 unspecified atom stereocenters. The highest BCUT2D eigenvalue weighted by Gasteiger charge is 2.21. The number of fused-ring (bicyclic) bond motifs is 1.